The number of fused-ring (bicyclic) bond motifs is 2. The Morgan fingerprint density at radius 3 is 2.19 bits per heavy atom. The van der Waals surface area contributed by atoms with Crippen molar-refractivity contribution in [1.82, 2.24) is 9.56 Å². The van der Waals surface area contributed by atoms with Crippen molar-refractivity contribution in [2.24, 2.45) is 0 Å². The summed E-state index contributed by atoms with van der Waals surface area (Å²) in [6.45, 7) is 17.3. The molecular weight excluding hydrogens is 374 g/mol. The minimum absolute atomic E-state index is 0. The normalized spacial score (nSPS) is 10.9. The van der Waals surface area contributed by atoms with Gasteiger partial charge < -0.3 is 17.3 Å². The van der Waals surface area contributed by atoms with Crippen molar-refractivity contribution in [2.75, 3.05) is 31.1 Å². The highest BCUT2D eigenvalue weighted by Crippen LogP contribution is 2.35. The third-order valence-electron chi connectivity index (χ3n) is 5.20. The van der Waals surface area contributed by atoms with Gasteiger partial charge in [0.15, 0.2) is 0 Å². The van der Waals surface area contributed by atoms with Crippen LogP contribution in [0.2, 0.25) is 0 Å². The average Bonchev–Trinajstić information content (AvgIpc) is 2.63. The quantitative estimate of drug-likeness (QED) is 0.477. The highest BCUT2D eigenvalue weighted by molar-refractivity contribution is 7.21. The molecule has 0 atom stereocenters. The molecule has 0 unspecified atom stereocenters. The molecule has 146 valence electrons. The van der Waals surface area contributed by atoms with Crippen LogP contribution in [-0.2, 0) is 0 Å². The lowest BCUT2D eigenvalue weighted by Crippen LogP contribution is -3.00. The van der Waals surface area contributed by atoms with Crippen LogP contribution in [0.25, 0.3) is 20.8 Å². The van der Waals surface area contributed by atoms with Crippen LogP contribution < -0.4 is 27.2 Å². The Balaban J connectivity index is 0.00000261. The molecule has 1 aromatic carbocycles. The number of hydrogen-bond acceptors (Lipinski definition) is 3. The van der Waals surface area contributed by atoms with E-state index in [0.717, 1.165) is 37.4 Å². The second-order valence-electron chi connectivity index (χ2n) is 6.78. The summed E-state index contributed by atoms with van der Waals surface area (Å²) in [7, 11) is 0. The molecule has 1 heterocycles. The summed E-state index contributed by atoms with van der Waals surface area (Å²) >= 11 is 1.87. The molecule has 0 spiro atoms. The van der Waals surface area contributed by atoms with E-state index in [9.17, 15) is 0 Å². The van der Waals surface area contributed by atoms with Crippen LogP contribution in [0.15, 0.2) is 24.3 Å². The molecule has 2 aliphatic rings. The van der Waals surface area contributed by atoms with Gasteiger partial charge in [0.1, 0.15) is 13.1 Å². The predicted octanol–water partition coefficient (Wildman–Crippen LogP) is 1.68. The van der Waals surface area contributed by atoms with Crippen molar-refractivity contribution in [3.05, 3.63) is 40.7 Å². The molecule has 0 bridgehead atoms. The predicted molar refractivity (Wildman–Crippen MR) is 116 cm³/mol. The van der Waals surface area contributed by atoms with Crippen molar-refractivity contribution in [3.8, 4) is 10.6 Å². The number of nitrogens with zero attached hydrogens (tertiary/aromatic N) is 3. The van der Waals surface area contributed by atoms with Gasteiger partial charge in [-0.05, 0) is 64.8 Å². The number of aromatic nitrogens is 1. The zero-order valence-corrected chi connectivity index (χ0v) is 18.8. The molecule has 0 fully saturated rings. The van der Waals surface area contributed by atoms with Crippen molar-refractivity contribution < 1.29 is 12.4 Å². The summed E-state index contributed by atoms with van der Waals surface area (Å²) in [6, 6.07) is 9.18. The molecule has 0 radical (unpaired) electrons. The van der Waals surface area contributed by atoms with Gasteiger partial charge in [-0.25, -0.2) is 9.56 Å². The maximum atomic E-state index is 5.05. The number of hydrogen-bond donors (Lipinski definition) is 0. The fraction of sp³-hybridized carbons (Fsp3) is 0.455. The van der Waals surface area contributed by atoms with E-state index < -0.39 is 0 Å². The summed E-state index contributed by atoms with van der Waals surface area (Å²) in [5.41, 5.74) is 6.09. The molecule has 27 heavy (non-hydrogen) atoms. The smallest absolute Gasteiger partial charge is 0.201 e. The summed E-state index contributed by atoms with van der Waals surface area (Å²) in [4.78, 5) is 8.73. The van der Waals surface area contributed by atoms with E-state index in [4.69, 9.17) is 4.98 Å². The first-order valence-electron chi connectivity index (χ1n) is 9.71. The van der Waals surface area contributed by atoms with E-state index in [1.165, 1.54) is 31.7 Å². The third kappa shape index (κ3) is 4.12. The van der Waals surface area contributed by atoms with Crippen LogP contribution >= 0.6 is 11.3 Å². The highest BCUT2D eigenvalue weighted by Gasteiger charge is 2.15. The van der Waals surface area contributed by atoms with E-state index in [-0.39, 0.29) is 12.4 Å². The molecule has 0 saturated carbocycles. The van der Waals surface area contributed by atoms with E-state index in [1.54, 1.807) is 0 Å². The number of anilines is 1. The van der Waals surface area contributed by atoms with Gasteiger partial charge >= 0.3 is 0 Å². The number of halogens is 1. The first-order valence-corrected chi connectivity index (χ1v) is 10.5. The van der Waals surface area contributed by atoms with Crippen LogP contribution in [-0.4, -0.2) is 31.2 Å². The second-order valence-corrected chi connectivity index (χ2v) is 7.86. The standard InChI is InChI=1S/C22H30N3S.ClH/c1-7-24(8-2)17-11-15(5)21-19(13-17)26-20-14-18(25(9-3)10-4)12-16(6)22(20)23-21;/h11-14H,7-10H2,1-6H3;1H/q+1;/p-1. The summed E-state index contributed by atoms with van der Waals surface area (Å²) < 4.78 is 3.68. The van der Waals surface area contributed by atoms with Crippen LogP contribution in [0.4, 0.5) is 5.69 Å². The van der Waals surface area contributed by atoms with Gasteiger partial charge in [0, 0.05) is 30.9 Å². The zero-order chi connectivity index (χ0) is 18.8. The molecular formula is C22H30ClN3S. The monoisotopic (exact) mass is 403 g/mol. The third-order valence-corrected chi connectivity index (χ3v) is 6.26. The second kappa shape index (κ2) is 9.03. The lowest BCUT2D eigenvalue weighted by atomic mass is 10.1. The van der Waals surface area contributed by atoms with Crippen molar-refractivity contribution >= 4 is 27.2 Å². The largest absolute Gasteiger partial charge is 1.00 e. The summed E-state index contributed by atoms with van der Waals surface area (Å²) in [5, 5.41) is 1.30. The highest BCUT2D eigenvalue weighted by atomic mass is 35.5. The van der Waals surface area contributed by atoms with Gasteiger partial charge in [0.05, 0.1) is 20.8 Å². The Morgan fingerprint density at radius 2 is 1.59 bits per heavy atom. The number of rotatable bonds is 5. The van der Waals surface area contributed by atoms with Crippen LogP contribution in [0.1, 0.15) is 38.8 Å². The lowest BCUT2D eigenvalue weighted by molar-refractivity contribution is -0.00000556. The summed E-state index contributed by atoms with van der Waals surface area (Å²) in [5.74, 6) is 0. The van der Waals surface area contributed by atoms with Gasteiger partial charge in [0.2, 0.25) is 5.36 Å². The van der Waals surface area contributed by atoms with E-state index in [2.05, 4.69) is 75.3 Å². The maximum absolute atomic E-state index is 5.05. The average molecular weight is 404 g/mol. The minimum atomic E-state index is 0. The van der Waals surface area contributed by atoms with Gasteiger partial charge in [-0.2, -0.15) is 0 Å². The Kier molecular flexibility index (Phi) is 7.24. The zero-order valence-electron chi connectivity index (χ0n) is 17.3. The Bertz CT molecular complexity index is 967. The fourth-order valence-corrected chi connectivity index (χ4v) is 4.88. The van der Waals surface area contributed by atoms with Crippen molar-refractivity contribution in [2.45, 2.75) is 41.5 Å². The van der Waals surface area contributed by atoms with Gasteiger partial charge in [0.25, 0.3) is 0 Å². The molecule has 3 rings (SSSR count). The van der Waals surface area contributed by atoms with Gasteiger partial charge in [-0.1, -0.05) is 0 Å². The Labute approximate surface area is 173 Å². The van der Waals surface area contributed by atoms with E-state index >= 15 is 0 Å². The lowest BCUT2D eigenvalue weighted by Gasteiger charge is -2.22. The van der Waals surface area contributed by atoms with Crippen molar-refractivity contribution in [3.63, 3.8) is 0 Å². The first kappa shape index (κ1) is 21.6. The number of benzene rings is 2. The number of aryl methyl sites for hydroxylation is 2. The Hall–Kier alpha value is -1.65. The first-order chi connectivity index (χ1) is 12.5. The summed E-state index contributed by atoms with van der Waals surface area (Å²) in [6.07, 6.45) is 0. The minimum Gasteiger partial charge on any atom is -1.00 e. The molecule has 5 heteroatoms. The van der Waals surface area contributed by atoms with Crippen LogP contribution in [0.5, 0.6) is 0 Å². The Morgan fingerprint density at radius 1 is 0.926 bits per heavy atom. The van der Waals surface area contributed by atoms with Crippen LogP contribution in [0, 0.1) is 13.8 Å². The van der Waals surface area contributed by atoms with Gasteiger partial charge in [-0.3, -0.25) is 0 Å². The molecule has 1 aliphatic heterocycles. The van der Waals surface area contributed by atoms with E-state index in [1.807, 2.05) is 11.3 Å². The van der Waals surface area contributed by atoms with E-state index in [0.29, 0.717) is 0 Å². The SMILES string of the molecule is CCN(CC)c1cc(C)c2nc3c(C)cc(=[N+](CC)CC)cc-3sc2c1.[Cl-]. The van der Waals surface area contributed by atoms with Gasteiger partial charge in [-0.15, -0.1) is 11.3 Å². The topological polar surface area (TPSA) is 19.1 Å². The molecule has 1 aliphatic carbocycles. The molecule has 0 N–H and O–H groups in total. The molecule has 0 aromatic heterocycles. The van der Waals surface area contributed by atoms with Crippen LogP contribution in [0.3, 0.4) is 0 Å². The molecule has 1 aromatic rings. The maximum Gasteiger partial charge on any atom is 0.201 e. The molecule has 0 amide bonds. The fourth-order valence-electron chi connectivity index (χ4n) is 3.67. The molecule has 3 nitrogen and oxygen atoms in total. The molecule has 0 saturated heterocycles. The van der Waals surface area contributed by atoms with Crippen molar-refractivity contribution in [1.29, 1.82) is 0 Å².